The standard InChI is InChI=1S/C19H18N4O/c1-23(2)16-10-7-14(8-11-16)22-19(24)12-9-15-13-20-17-5-3-4-6-18(17)21-15/h3-13H,1-2H3,(H,22,24). The number of nitrogens with one attached hydrogen (secondary N) is 1. The molecule has 3 rings (SSSR count). The molecule has 2 aromatic carbocycles. The van der Waals surface area contributed by atoms with Gasteiger partial charge in [0.25, 0.3) is 0 Å². The number of aromatic nitrogens is 2. The van der Waals surface area contributed by atoms with Crippen molar-refractivity contribution in [2.75, 3.05) is 24.3 Å². The summed E-state index contributed by atoms with van der Waals surface area (Å²) in [5.41, 5.74) is 4.11. The van der Waals surface area contributed by atoms with Gasteiger partial charge in [0.1, 0.15) is 0 Å². The SMILES string of the molecule is CN(C)c1ccc(NC(=O)C=Cc2cnc3ccccc3n2)cc1. The Hall–Kier alpha value is -3.21. The average Bonchev–Trinajstić information content (AvgIpc) is 2.60. The molecular formula is C19H18N4O. The Bertz CT molecular complexity index is 885. The lowest BCUT2D eigenvalue weighted by Crippen LogP contribution is -2.10. The molecule has 0 saturated carbocycles. The number of rotatable bonds is 4. The van der Waals surface area contributed by atoms with Crippen LogP contribution in [-0.4, -0.2) is 30.0 Å². The highest BCUT2D eigenvalue weighted by Gasteiger charge is 2.01. The summed E-state index contributed by atoms with van der Waals surface area (Å²) < 4.78 is 0. The summed E-state index contributed by atoms with van der Waals surface area (Å²) in [7, 11) is 3.95. The molecule has 120 valence electrons. The lowest BCUT2D eigenvalue weighted by molar-refractivity contribution is -0.111. The summed E-state index contributed by atoms with van der Waals surface area (Å²) in [6, 6.07) is 15.3. The predicted octanol–water partition coefficient (Wildman–Crippen LogP) is 3.35. The normalized spacial score (nSPS) is 10.9. The van der Waals surface area contributed by atoms with Gasteiger partial charge in [-0.15, -0.1) is 0 Å². The van der Waals surface area contributed by atoms with Gasteiger partial charge in [0, 0.05) is 31.5 Å². The molecule has 1 N–H and O–H groups in total. The molecule has 5 heteroatoms. The van der Waals surface area contributed by atoms with Crippen LogP contribution in [-0.2, 0) is 4.79 Å². The van der Waals surface area contributed by atoms with Crippen LogP contribution < -0.4 is 10.2 Å². The molecule has 5 nitrogen and oxygen atoms in total. The molecule has 3 aromatic rings. The van der Waals surface area contributed by atoms with Crippen molar-refractivity contribution in [2.24, 2.45) is 0 Å². The number of carbonyl (C=O) groups is 1. The molecular weight excluding hydrogens is 300 g/mol. The van der Waals surface area contributed by atoms with Crippen LogP contribution in [0, 0.1) is 0 Å². The van der Waals surface area contributed by atoms with E-state index in [2.05, 4.69) is 15.3 Å². The molecule has 0 radical (unpaired) electrons. The Morgan fingerprint density at radius 3 is 2.46 bits per heavy atom. The maximum atomic E-state index is 12.0. The molecule has 1 amide bonds. The molecule has 0 fully saturated rings. The Balaban J connectivity index is 1.67. The van der Waals surface area contributed by atoms with Gasteiger partial charge in [-0.25, -0.2) is 4.98 Å². The van der Waals surface area contributed by atoms with Crippen LogP contribution in [0.25, 0.3) is 17.1 Å². The van der Waals surface area contributed by atoms with Crippen LogP contribution in [0.15, 0.2) is 60.8 Å². The first-order chi connectivity index (χ1) is 11.6. The molecule has 0 saturated heterocycles. The molecule has 0 spiro atoms. The van der Waals surface area contributed by atoms with Crippen molar-refractivity contribution < 1.29 is 4.79 Å². The predicted molar refractivity (Wildman–Crippen MR) is 98.0 cm³/mol. The fraction of sp³-hybridized carbons (Fsp3) is 0.105. The molecule has 0 aliphatic carbocycles. The number of nitrogens with zero attached hydrogens (tertiary/aromatic N) is 3. The number of para-hydroxylation sites is 2. The van der Waals surface area contributed by atoms with Gasteiger partial charge in [-0.05, 0) is 42.5 Å². The Morgan fingerprint density at radius 2 is 1.75 bits per heavy atom. The van der Waals surface area contributed by atoms with E-state index < -0.39 is 0 Å². The first kappa shape index (κ1) is 15.7. The van der Waals surface area contributed by atoms with Gasteiger partial charge in [0.2, 0.25) is 5.91 Å². The number of benzene rings is 2. The van der Waals surface area contributed by atoms with Gasteiger partial charge in [-0.2, -0.15) is 0 Å². The summed E-state index contributed by atoms with van der Waals surface area (Å²) in [6.45, 7) is 0. The molecule has 0 unspecified atom stereocenters. The second kappa shape index (κ2) is 6.91. The largest absolute Gasteiger partial charge is 0.378 e. The van der Waals surface area contributed by atoms with E-state index in [0.717, 1.165) is 22.4 Å². The monoisotopic (exact) mass is 318 g/mol. The van der Waals surface area contributed by atoms with Crippen LogP contribution in [0.1, 0.15) is 5.69 Å². The third-order valence-electron chi connectivity index (χ3n) is 3.52. The highest BCUT2D eigenvalue weighted by atomic mass is 16.1. The zero-order valence-corrected chi connectivity index (χ0v) is 13.6. The minimum Gasteiger partial charge on any atom is -0.378 e. The third-order valence-corrected chi connectivity index (χ3v) is 3.52. The Morgan fingerprint density at radius 1 is 1.04 bits per heavy atom. The summed E-state index contributed by atoms with van der Waals surface area (Å²) >= 11 is 0. The summed E-state index contributed by atoms with van der Waals surface area (Å²) in [4.78, 5) is 22.8. The molecule has 0 aliphatic rings. The van der Waals surface area contributed by atoms with E-state index >= 15 is 0 Å². The number of carbonyl (C=O) groups excluding carboxylic acids is 1. The van der Waals surface area contributed by atoms with Crippen LogP contribution in [0.4, 0.5) is 11.4 Å². The topological polar surface area (TPSA) is 58.1 Å². The summed E-state index contributed by atoms with van der Waals surface area (Å²) in [5, 5.41) is 2.82. The number of anilines is 2. The highest BCUT2D eigenvalue weighted by molar-refractivity contribution is 6.01. The maximum absolute atomic E-state index is 12.0. The Labute approximate surface area is 140 Å². The second-order valence-corrected chi connectivity index (χ2v) is 5.55. The maximum Gasteiger partial charge on any atom is 0.248 e. The quantitative estimate of drug-likeness (QED) is 0.750. The van der Waals surface area contributed by atoms with E-state index in [-0.39, 0.29) is 5.91 Å². The van der Waals surface area contributed by atoms with Crippen LogP contribution in [0.2, 0.25) is 0 Å². The number of hydrogen-bond donors (Lipinski definition) is 1. The first-order valence-electron chi connectivity index (χ1n) is 7.60. The number of amides is 1. The van der Waals surface area contributed by atoms with Crippen molar-refractivity contribution in [3.63, 3.8) is 0 Å². The van der Waals surface area contributed by atoms with Crippen molar-refractivity contribution >= 4 is 34.4 Å². The van der Waals surface area contributed by atoms with Gasteiger partial charge >= 0.3 is 0 Å². The molecule has 0 bridgehead atoms. The van der Waals surface area contributed by atoms with E-state index in [0.29, 0.717) is 5.69 Å². The second-order valence-electron chi connectivity index (χ2n) is 5.55. The minimum atomic E-state index is -0.206. The zero-order chi connectivity index (χ0) is 16.9. The fourth-order valence-electron chi connectivity index (χ4n) is 2.24. The van der Waals surface area contributed by atoms with Crippen LogP contribution in [0.3, 0.4) is 0 Å². The van der Waals surface area contributed by atoms with Gasteiger partial charge in [-0.3, -0.25) is 9.78 Å². The van der Waals surface area contributed by atoms with E-state index in [1.54, 1.807) is 12.3 Å². The van der Waals surface area contributed by atoms with E-state index in [4.69, 9.17) is 0 Å². The smallest absolute Gasteiger partial charge is 0.248 e. The lowest BCUT2D eigenvalue weighted by Gasteiger charge is -2.12. The summed E-state index contributed by atoms with van der Waals surface area (Å²) in [5.74, 6) is -0.206. The first-order valence-corrected chi connectivity index (χ1v) is 7.60. The Kier molecular flexibility index (Phi) is 4.52. The van der Waals surface area contributed by atoms with E-state index in [9.17, 15) is 4.79 Å². The van der Waals surface area contributed by atoms with Crippen LogP contribution in [0.5, 0.6) is 0 Å². The van der Waals surface area contributed by atoms with E-state index in [1.807, 2.05) is 67.5 Å². The average molecular weight is 318 g/mol. The van der Waals surface area contributed by atoms with Crippen molar-refractivity contribution in [2.45, 2.75) is 0 Å². The van der Waals surface area contributed by atoms with E-state index in [1.165, 1.54) is 6.08 Å². The fourth-order valence-corrected chi connectivity index (χ4v) is 2.24. The molecule has 0 atom stereocenters. The zero-order valence-electron chi connectivity index (χ0n) is 13.6. The van der Waals surface area contributed by atoms with Gasteiger partial charge in [-0.1, -0.05) is 12.1 Å². The van der Waals surface area contributed by atoms with Crippen molar-refractivity contribution in [1.29, 1.82) is 0 Å². The number of fused-ring (bicyclic) bond motifs is 1. The minimum absolute atomic E-state index is 0.206. The number of hydrogen-bond acceptors (Lipinski definition) is 4. The highest BCUT2D eigenvalue weighted by Crippen LogP contribution is 2.15. The van der Waals surface area contributed by atoms with Gasteiger partial charge in [0.05, 0.1) is 22.9 Å². The molecule has 1 aromatic heterocycles. The van der Waals surface area contributed by atoms with Crippen molar-refractivity contribution in [3.05, 3.63) is 66.5 Å². The molecule has 1 heterocycles. The van der Waals surface area contributed by atoms with Crippen molar-refractivity contribution in [1.82, 2.24) is 9.97 Å². The summed E-state index contributed by atoms with van der Waals surface area (Å²) in [6.07, 6.45) is 4.76. The molecule has 0 aliphatic heterocycles. The van der Waals surface area contributed by atoms with Gasteiger partial charge in [0.15, 0.2) is 0 Å². The van der Waals surface area contributed by atoms with Crippen LogP contribution >= 0.6 is 0 Å². The third kappa shape index (κ3) is 3.76. The molecule has 24 heavy (non-hydrogen) atoms. The van der Waals surface area contributed by atoms with Crippen molar-refractivity contribution in [3.8, 4) is 0 Å². The lowest BCUT2D eigenvalue weighted by atomic mass is 10.2. The van der Waals surface area contributed by atoms with Gasteiger partial charge < -0.3 is 10.2 Å².